The molecule has 4 aliphatic rings. The van der Waals surface area contributed by atoms with Gasteiger partial charge in [-0.2, -0.15) is 0 Å². The topological polar surface area (TPSA) is 97.0 Å². The minimum atomic E-state index is -1.20. The molecule has 6 atom stereocenters. The van der Waals surface area contributed by atoms with E-state index in [1.807, 2.05) is 66.9 Å². The van der Waals surface area contributed by atoms with Crippen molar-refractivity contribution >= 4 is 29.1 Å². The minimum absolute atomic E-state index is 0.133. The number of carbonyl (C=O) groups is 3. The second-order valence-electron chi connectivity index (χ2n) is 10.5. The summed E-state index contributed by atoms with van der Waals surface area (Å²) in [7, 11) is 0. The summed E-state index contributed by atoms with van der Waals surface area (Å²) in [5.41, 5.74) is -1.20. The number of ether oxygens (including phenoxy) is 2. The van der Waals surface area contributed by atoms with Crippen molar-refractivity contribution in [2.75, 3.05) is 13.2 Å². The van der Waals surface area contributed by atoms with Gasteiger partial charge in [-0.3, -0.25) is 14.4 Å². The van der Waals surface area contributed by atoms with E-state index in [0.29, 0.717) is 26.2 Å². The van der Waals surface area contributed by atoms with Crippen LogP contribution in [0.1, 0.15) is 30.2 Å². The van der Waals surface area contributed by atoms with Gasteiger partial charge in [0.05, 0.1) is 30.1 Å². The van der Waals surface area contributed by atoms with Gasteiger partial charge in [-0.15, -0.1) is 11.3 Å². The number of hydrogen-bond donors (Lipinski definition) is 2. The van der Waals surface area contributed by atoms with Crippen molar-refractivity contribution in [2.45, 2.75) is 56.2 Å². The largest absolute Gasteiger partial charge is 0.376 e. The highest BCUT2D eigenvalue weighted by Gasteiger charge is 2.76. The highest BCUT2D eigenvalue weighted by Crippen LogP contribution is 2.59. The van der Waals surface area contributed by atoms with E-state index in [9.17, 15) is 14.4 Å². The Morgan fingerprint density at radius 3 is 2.62 bits per heavy atom. The maximum Gasteiger partial charge on any atom is 0.246 e. The highest BCUT2D eigenvalue weighted by atomic mass is 32.1. The van der Waals surface area contributed by atoms with E-state index < -0.39 is 29.1 Å². The first-order valence-electron chi connectivity index (χ1n) is 12.9. The summed E-state index contributed by atoms with van der Waals surface area (Å²) in [4.78, 5) is 44.0. The number of rotatable bonds is 8. The molecule has 1 spiro atoms. The number of likely N-dealkylation sites (tertiary alicyclic amines) is 1. The predicted octanol–water partition coefficient (Wildman–Crippen LogP) is 2.40. The first-order chi connectivity index (χ1) is 17.9. The normalized spacial score (nSPS) is 33.6. The van der Waals surface area contributed by atoms with Gasteiger partial charge in [0.25, 0.3) is 0 Å². The van der Waals surface area contributed by atoms with Gasteiger partial charge in [-0.05, 0) is 36.8 Å². The van der Waals surface area contributed by atoms with E-state index in [4.69, 9.17) is 9.47 Å². The standard InChI is InChI=1S/C28H31N3O5S/c1-27-11-12-28(36-27)22(21(27)24(32)30-16-20-10-6-14-37-20)26(34)31(17-19-9-5-13-35-19)23(28)25(33)29-15-18-7-3-2-4-8-18/h2-4,6-8,10-12,14,19,21-23H,5,9,13,15-17H2,1H3,(H,29,33)(H,30,32). The molecule has 9 heteroatoms. The van der Waals surface area contributed by atoms with Crippen LogP contribution >= 0.6 is 11.3 Å². The lowest BCUT2D eigenvalue weighted by molar-refractivity contribution is -0.146. The number of benzene rings is 1. The zero-order valence-electron chi connectivity index (χ0n) is 20.7. The van der Waals surface area contributed by atoms with Crippen LogP contribution in [0.4, 0.5) is 0 Å². The Morgan fingerprint density at radius 2 is 1.89 bits per heavy atom. The summed E-state index contributed by atoms with van der Waals surface area (Å²) in [6.45, 7) is 3.51. The molecule has 2 aromatic rings. The molecule has 3 fully saturated rings. The maximum atomic E-state index is 14.0. The van der Waals surface area contributed by atoms with E-state index >= 15 is 0 Å². The van der Waals surface area contributed by atoms with Gasteiger partial charge < -0.3 is 25.0 Å². The number of nitrogens with zero attached hydrogens (tertiary/aromatic N) is 1. The number of hydrogen-bond acceptors (Lipinski definition) is 6. The van der Waals surface area contributed by atoms with E-state index in [-0.39, 0.29) is 23.8 Å². The van der Waals surface area contributed by atoms with Gasteiger partial charge >= 0.3 is 0 Å². The summed E-state index contributed by atoms with van der Waals surface area (Å²) in [6.07, 6.45) is 5.33. The van der Waals surface area contributed by atoms with Crippen LogP contribution in [0, 0.1) is 11.8 Å². The molecule has 6 unspecified atom stereocenters. The third-order valence-corrected chi connectivity index (χ3v) is 8.95. The summed E-state index contributed by atoms with van der Waals surface area (Å²) in [5, 5.41) is 7.99. The predicted molar refractivity (Wildman–Crippen MR) is 137 cm³/mol. The highest BCUT2D eigenvalue weighted by molar-refractivity contribution is 7.09. The molecule has 0 aliphatic carbocycles. The molecule has 8 nitrogen and oxygen atoms in total. The van der Waals surface area contributed by atoms with E-state index in [1.54, 1.807) is 16.2 Å². The lowest BCUT2D eigenvalue weighted by Gasteiger charge is -2.34. The smallest absolute Gasteiger partial charge is 0.246 e. The third-order valence-electron chi connectivity index (χ3n) is 8.08. The summed E-state index contributed by atoms with van der Waals surface area (Å²) in [6, 6.07) is 12.7. The van der Waals surface area contributed by atoms with Crippen molar-refractivity contribution < 1.29 is 23.9 Å². The molecule has 5 heterocycles. The van der Waals surface area contributed by atoms with Crippen molar-refractivity contribution in [3.05, 3.63) is 70.4 Å². The molecule has 3 amide bonds. The molecular weight excluding hydrogens is 490 g/mol. The van der Waals surface area contributed by atoms with Crippen molar-refractivity contribution in [2.24, 2.45) is 11.8 Å². The van der Waals surface area contributed by atoms with Crippen molar-refractivity contribution in [1.29, 1.82) is 0 Å². The maximum absolute atomic E-state index is 14.0. The van der Waals surface area contributed by atoms with Crippen LogP contribution in [0.2, 0.25) is 0 Å². The van der Waals surface area contributed by atoms with Crippen LogP contribution in [-0.4, -0.2) is 59.1 Å². The molecule has 2 bridgehead atoms. The number of nitrogens with one attached hydrogen (secondary N) is 2. The Morgan fingerprint density at radius 1 is 1.08 bits per heavy atom. The van der Waals surface area contributed by atoms with E-state index in [2.05, 4.69) is 10.6 Å². The Kier molecular flexibility index (Phi) is 6.17. The Bertz CT molecular complexity index is 1210. The Balaban J connectivity index is 1.29. The van der Waals surface area contributed by atoms with Crippen LogP contribution in [0.5, 0.6) is 0 Å². The molecule has 3 saturated heterocycles. The number of thiophene rings is 1. The monoisotopic (exact) mass is 521 g/mol. The molecule has 0 radical (unpaired) electrons. The number of fused-ring (bicyclic) bond motifs is 1. The number of amides is 3. The lowest BCUT2D eigenvalue weighted by atomic mass is 9.70. The second kappa shape index (κ2) is 9.38. The average Bonchev–Trinajstić information content (AvgIpc) is 3.71. The second-order valence-corrected chi connectivity index (χ2v) is 11.5. The van der Waals surface area contributed by atoms with Gasteiger partial charge in [0.2, 0.25) is 17.7 Å². The molecule has 1 aromatic heterocycles. The fourth-order valence-electron chi connectivity index (χ4n) is 6.41. The quantitative estimate of drug-likeness (QED) is 0.520. The lowest BCUT2D eigenvalue weighted by Crippen LogP contribution is -2.55. The van der Waals surface area contributed by atoms with Gasteiger partial charge in [-0.25, -0.2) is 0 Å². The van der Waals surface area contributed by atoms with Crippen LogP contribution in [0.15, 0.2) is 60.0 Å². The summed E-state index contributed by atoms with van der Waals surface area (Å²) >= 11 is 1.56. The van der Waals surface area contributed by atoms with E-state index in [1.165, 1.54) is 0 Å². The fourth-order valence-corrected chi connectivity index (χ4v) is 7.06. The molecule has 37 heavy (non-hydrogen) atoms. The van der Waals surface area contributed by atoms with Crippen molar-refractivity contribution in [1.82, 2.24) is 15.5 Å². The molecule has 1 aromatic carbocycles. The molecule has 4 aliphatic heterocycles. The third kappa shape index (κ3) is 4.09. The molecule has 2 N–H and O–H groups in total. The number of carbonyl (C=O) groups excluding carboxylic acids is 3. The Labute approximate surface area is 220 Å². The van der Waals surface area contributed by atoms with Crippen LogP contribution in [0.25, 0.3) is 0 Å². The summed E-state index contributed by atoms with van der Waals surface area (Å²) < 4.78 is 12.4. The van der Waals surface area contributed by atoms with Crippen LogP contribution < -0.4 is 10.6 Å². The zero-order valence-corrected chi connectivity index (χ0v) is 21.5. The SMILES string of the molecule is CC12C=CC3(O1)C(C(=O)N(CC1CCCO1)C3C(=O)NCc1ccccc1)C2C(=O)NCc1cccs1. The first kappa shape index (κ1) is 24.3. The van der Waals surface area contributed by atoms with Gasteiger partial charge in [0.1, 0.15) is 11.6 Å². The molecule has 194 valence electrons. The minimum Gasteiger partial charge on any atom is -0.376 e. The van der Waals surface area contributed by atoms with E-state index in [0.717, 1.165) is 23.3 Å². The molecule has 0 saturated carbocycles. The summed E-state index contributed by atoms with van der Waals surface area (Å²) in [5.74, 6) is -2.25. The van der Waals surface area contributed by atoms with Crippen molar-refractivity contribution in [3.8, 4) is 0 Å². The fraction of sp³-hybridized carbons (Fsp3) is 0.464. The van der Waals surface area contributed by atoms with Gasteiger partial charge in [0.15, 0.2) is 0 Å². The van der Waals surface area contributed by atoms with Crippen LogP contribution in [0.3, 0.4) is 0 Å². The van der Waals surface area contributed by atoms with Gasteiger partial charge in [-0.1, -0.05) is 48.6 Å². The average molecular weight is 522 g/mol. The molecular formula is C28H31N3O5S. The first-order valence-corrected chi connectivity index (χ1v) is 13.7. The van der Waals surface area contributed by atoms with Crippen molar-refractivity contribution in [3.63, 3.8) is 0 Å². The molecule has 6 rings (SSSR count). The Hall–Kier alpha value is -3.01. The van der Waals surface area contributed by atoms with Gasteiger partial charge in [0, 0.05) is 24.6 Å². The zero-order chi connectivity index (χ0) is 25.6. The van der Waals surface area contributed by atoms with Crippen LogP contribution in [-0.2, 0) is 36.9 Å².